The number of carboxylic acids is 1. The van der Waals surface area contributed by atoms with E-state index < -0.39 is 22.0 Å². The molecular formula is C12H13N3O4S. The molecule has 1 aromatic rings. The molecule has 0 bridgehead atoms. The summed E-state index contributed by atoms with van der Waals surface area (Å²) in [7, 11) is -3.66. The number of hydrogen-bond acceptors (Lipinski definition) is 5. The van der Waals surface area contributed by atoms with Crippen molar-refractivity contribution in [2.45, 2.75) is 10.9 Å². The smallest absolute Gasteiger partial charge is 0.322 e. The lowest BCUT2D eigenvalue weighted by molar-refractivity contribution is -0.140. The summed E-state index contributed by atoms with van der Waals surface area (Å²) in [6.07, 6.45) is 0. The topological polar surface area (TPSA) is 99.1 Å². The largest absolute Gasteiger partial charge is 0.480 e. The third-order valence-electron chi connectivity index (χ3n) is 3.39. The van der Waals surface area contributed by atoms with Crippen molar-refractivity contribution < 1.29 is 18.3 Å². The van der Waals surface area contributed by atoms with Crippen LogP contribution in [0.5, 0.6) is 0 Å². The molecule has 0 radical (unpaired) electrons. The summed E-state index contributed by atoms with van der Waals surface area (Å²) in [5.41, 5.74) is 0.540. The van der Waals surface area contributed by atoms with Crippen LogP contribution in [0.1, 0.15) is 5.56 Å². The van der Waals surface area contributed by atoms with Gasteiger partial charge in [0.15, 0.2) is 5.84 Å². The second-order valence-electron chi connectivity index (χ2n) is 4.68. The number of benzene rings is 1. The van der Waals surface area contributed by atoms with Crippen LogP contribution in [0, 0.1) is 0 Å². The van der Waals surface area contributed by atoms with Gasteiger partial charge >= 0.3 is 5.97 Å². The summed E-state index contributed by atoms with van der Waals surface area (Å²) in [6.45, 7) is 1.18. The Hall–Kier alpha value is -1.93. The fraction of sp³-hybridized carbons (Fsp3) is 0.333. The number of carboxylic acid groups (broad SMARTS) is 1. The molecule has 0 amide bonds. The molecule has 106 valence electrons. The van der Waals surface area contributed by atoms with Crippen molar-refractivity contribution in [3.8, 4) is 0 Å². The van der Waals surface area contributed by atoms with Crippen LogP contribution >= 0.6 is 0 Å². The zero-order valence-electron chi connectivity index (χ0n) is 10.5. The first-order valence-corrected chi connectivity index (χ1v) is 7.58. The van der Waals surface area contributed by atoms with Gasteiger partial charge in [-0.1, -0.05) is 12.1 Å². The number of hydrogen-bond donors (Lipinski definition) is 2. The van der Waals surface area contributed by atoms with Crippen LogP contribution in [0.2, 0.25) is 0 Å². The molecule has 3 rings (SSSR count). The summed E-state index contributed by atoms with van der Waals surface area (Å²) >= 11 is 0. The number of nitrogens with one attached hydrogen (secondary N) is 1. The molecule has 1 atom stereocenters. The number of piperazine rings is 1. The molecule has 8 heteroatoms. The molecule has 2 aliphatic heterocycles. The van der Waals surface area contributed by atoms with Gasteiger partial charge in [-0.25, -0.2) is 0 Å². The molecule has 1 fully saturated rings. The van der Waals surface area contributed by atoms with E-state index in [0.29, 0.717) is 24.5 Å². The molecule has 1 aromatic carbocycles. The number of nitrogens with zero attached hydrogens (tertiary/aromatic N) is 2. The highest BCUT2D eigenvalue weighted by atomic mass is 32.2. The zero-order chi connectivity index (χ0) is 14.3. The predicted molar refractivity (Wildman–Crippen MR) is 71.2 cm³/mol. The minimum Gasteiger partial charge on any atom is -0.480 e. The van der Waals surface area contributed by atoms with E-state index in [-0.39, 0.29) is 11.4 Å². The zero-order valence-corrected chi connectivity index (χ0v) is 11.3. The number of aliphatic carboxylic acids is 1. The predicted octanol–water partition coefficient (Wildman–Crippen LogP) is -0.506. The molecule has 0 aliphatic carbocycles. The summed E-state index contributed by atoms with van der Waals surface area (Å²) in [5.74, 6) is -0.613. The van der Waals surface area contributed by atoms with Gasteiger partial charge in [-0.05, 0) is 12.1 Å². The monoisotopic (exact) mass is 295 g/mol. The highest BCUT2D eigenvalue weighted by molar-refractivity contribution is 7.90. The minimum atomic E-state index is -3.66. The molecule has 2 N–H and O–H groups in total. The maximum absolute atomic E-state index is 12.0. The molecule has 20 heavy (non-hydrogen) atoms. The Morgan fingerprint density at radius 2 is 2.15 bits per heavy atom. The van der Waals surface area contributed by atoms with Crippen molar-refractivity contribution in [1.29, 1.82) is 0 Å². The second kappa shape index (κ2) is 4.57. The van der Waals surface area contributed by atoms with Gasteiger partial charge in [0, 0.05) is 25.2 Å². The van der Waals surface area contributed by atoms with Gasteiger partial charge in [0.2, 0.25) is 0 Å². The average molecular weight is 295 g/mol. The Bertz CT molecular complexity index is 698. The first kappa shape index (κ1) is 13.1. The number of sulfonamides is 1. The van der Waals surface area contributed by atoms with Crippen molar-refractivity contribution in [3.05, 3.63) is 29.8 Å². The lowest BCUT2D eigenvalue weighted by atomic mass is 10.1. The number of carbonyl (C=O) groups is 1. The van der Waals surface area contributed by atoms with Gasteiger partial charge in [0.25, 0.3) is 10.0 Å². The van der Waals surface area contributed by atoms with E-state index in [0.717, 1.165) is 0 Å². The van der Waals surface area contributed by atoms with Crippen LogP contribution < -0.4 is 5.32 Å². The van der Waals surface area contributed by atoms with Gasteiger partial charge in [-0.2, -0.15) is 8.42 Å². The van der Waals surface area contributed by atoms with Crippen LogP contribution in [0.3, 0.4) is 0 Å². The van der Waals surface area contributed by atoms with E-state index in [1.165, 1.54) is 6.07 Å². The molecule has 0 unspecified atom stereocenters. The fourth-order valence-corrected chi connectivity index (χ4v) is 3.65. The quantitative estimate of drug-likeness (QED) is 0.724. The molecule has 0 spiro atoms. The lowest BCUT2D eigenvalue weighted by Gasteiger charge is -2.32. The van der Waals surface area contributed by atoms with Gasteiger partial charge in [-0.3, -0.25) is 4.79 Å². The van der Waals surface area contributed by atoms with Crippen LogP contribution in [-0.4, -0.2) is 55.9 Å². The Kier molecular flexibility index (Phi) is 2.98. The molecule has 0 aromatic heterocycles. The molecule has 0 saturated carbocycles. The highest BCUT2D eigenvalue weighted by Crippen LogP contribution is 2.27. The number of rotatable bonds is 1. The summed E-state index contributed by atoms with van der Waals surface area (Å²) in [5, 5.41) is 11.9. The van der Waals surface area contributed by atoms with Crippen LogP contribution in [0.15, 0.2) is 33.6 Å². The highest BCUT2D eigenvalue weighted by Gasteiger charge is 2.34. The van der Waals surface area contributed by atoms with Crippen molar-refractivity contribution in [1.82, 2.24) is 10.2 Å². The normalized spacial score (nSPS) is 24.1. The molecule has 7 nitrogen and oxygen atoms in total. The van der Waals surface area contributed by atoms with E-state index in [1.807, 2.05) is 0 Å². The van der Waals surface area contributed by atoms with E-state index in [4.69, 9.17) is 5.11 Å². The Morgan fingerprint density at radius 3 is 2.90 bits per heavy atom. The van der Waals surface area contributed by atoms with E-state index in [9.17, 15) is 13.2 Å². The lowest BCUT2D eigenvalue weighted by Crippen LogP contribution is -2.55. The Morgan fingerprint density at radius 1 is 1.40 bits per heavy atom. The minimum absolute atomic E-state index is 0.181. The van der Waals surface area contributed by atoms with E-state index in [2.05, 4.69) is 9.71 Å². The Balaban J connectivity index is 1.97. The molecule has 1 saturated heterocycles. The second-order valence-corrected chi connectivity index (χ2v) is 6.25. The SMILES string of the molecule is O=C(O)[C@H]1CN(C2=NS(=O)(=O)c3ccccc32)CCN1. The molecule has 2 aliphatic rings. The maximum atomic E-state index is 12.0. The van der Waals surface area contributed by atoms with Crippen molar-refractivity contribution in [2.75, 3.05) is 19.6 Å². The summed E-state index contributed by atoms with van der Waals surface area (Å²) in [6, 6.07) is 5.87. The molecule has 2 heterocycles. The van der Waals surface area contributed by atoms with Crippen molar-refractivity contribution >= 4 is 21.8 Å². The van der Waals surface area contributed by atoms with Gasteiger partial charge in [0.05, 0.1) is 0 Å². The summed E-state index contributed by atoms with van der Waals surface area (Å²) in [4.78, 5) is 12.9. The number of fused-ring (bicyclic) bond motifs is 1. The van der Waals surface area contributed by atoms with Crippen molar-refractivity contribution in [2.24, 2.45) is 4.40 Å². The van der Waals surface area contributed by atoms with Crippen molar-refractivity contribution in [3.63, 3.8) is 0 Å². The van der Waals surface area contributed by atoms with Crippen LogP contribution in [0.4, 0.5) is 0 Å². The van der Waals surface area contributed by atoms with Crippen LogP contribution in [-0.2, 0) is 14.8 Å². The van der Waals surface area contributed by atoms with Gasteiger partial charge in [-0.15, -0.1) is 4.40 Å². The maximum Gasteiger partial charge on any atom is 0.322 e. The summed E-state index contributed by atoms with van der Waals surface area (Å²) < 4.78 is 27.8. The fourth-order valence-electron chi connectivity index (χ4n) is 2.42. The van der Waals surface area contributed by atoms with E-state index in [1.54, 1.807) is 23.1 Å². The first-order chi connectivity index (χ1) is 9.49. The standard InChI is InChI=1S/C12H13N3O4S/c16-12(17)9-7-15(6-5-13-9)11-8-3-1-2-4-10(8)20(18,19)14-11/h1-4,9,13H,5-7H2,(H,16,17)/t9-/m1/s1. The molecular weight excluding hydrogens is 282 g/mol. The third kappa shape index (κ3) is 2.06. The van der Waals surface area contributed by atoms with Crippen LogP contribution in [0.25, 0.3) is 0 Å². The van der Waals surface area contributed by atoms with E-state index >= 15 is 0 Å². The van der Waals surface area contributed by atoms with Gasteiger partial charge in [0.1, 0.15) is 10.9 Å². The first-order valence-electron chi connectivity index (χ1n) is 6.14. The average Bonchev–Trinajstić information content (AvgIpc) is 2.72. The Labute approximate surface area is 116 Å². The number of amidine groups is 1. The third-order valence-corrected chi connectivity index (χ3v) is 4.71. The van der Waals surface area contributed by atoms with Gasteiger partial charge < -0.3 is 15.3 Å².